The number of aromatic nitrogens is 1. The number of pyridine rings is 1. The summed E-state index contributed by atoms with van der Waals surface area (Å²) >= 11 is 0. The molecule has 1 aromatic carbocycles. The molecule has 0 amide bonds. The first kappa shape index (κ1) is 12.4. The maximum absolute atomic E-state index is 13.6. The first-order valence-electron chi connectivity index (χ1n) is 5.82. The fourth-order valence-corrected chi connectivity index (χ4v) is 1.79. The lowest BCUT2D eigenvalue weighted by molar-refractivity contribution is 0.600. The van der Waals surface area contributed by atoms with Gasteiger partial charge in [-0.25, -0.2) is 9.37 Å². The van der Waals surface area contributed by atoms with Crippen LogP contribution in [0.4, 0.5) is 15.9 Å². The van der Waals surface area contributed by atoms with Gasteiger partial charge in [0.05, 0.1) is 11.7 Å². The second kappa shape index (κ2) is 5.04. The molecule has 1 atom stereocenters. The van der Waals surface area contributed by atoms with E-state index in [0.29, 0.717) is 17.1 Å². The number of halogens is 1. The molecule has 2 rings (SSSR count). The third-order valence-electron chi connectivity index (χ3n) is 2.79. The van der Waals surface area contributed by atoms with E-state index >= 15 is 0 Å². The summed E-state index contributed by atoms with van der Waals surface area (Å²) in [5.74, 6) is 0.356. The highest BCUT2D eigenvalue weighted by atomic mass is 19.1. The van der Waals surface area contributed by atoms with Crippen LogP contribution in [0.5, 0.6) is 0 Å². The average molecular weight is 245 g/mol. The van der Waals surface area contributed by atoms with Crippen molar-refractivity contribution in [3.8, 4) is 0 Å². The summed E-state index contributed by atoms with van der Waals surface area (Å²) in [6, 6.07) is 10.1. The molecule has 1 aromatic heterocycles. The van der Waals surface area contributed by atoms with Crippen LogP contribution < -0.4 is 11.1 Å². The molecule has 0 aliphatic rings. The van der Waals surface area contributed by atoms with E-state index < -0.39 is 0 Å². The van der Waals surface area contributed by atoms with Gasteiger partial charge in [0.15, 0.2) is 0 Å². The number of nitrogens with one attached hydrogen (secondary N) is 1. The van der Waals surface area contributed by atoms with E-state index in [2.05, 4.69) is 10.3 Å². The highest BCUT2D eigenvalue weighted by molar-refractivity contribution is 5.61. The standard InChI is InChI=1S/C14H16FN3/c1-9-7-8-13(16)14(17-9)18-10(2)11-5-3-4-6-12(11)15/h3-8,10H,16H2,1-2H3,(H,17,18). The van der Waals surface area contributed by atoms with E-state index in [9.17, 15) is 4.39 Å². The zero-order valence-electron chi connectivity index (χ0n) is 10.4. The molecule has 4 heteroatoms. The summed E-state index contributed by atoms with van der Waals surface area (Å²) in [6.07, 6.45) is 0. The minimum absolute atomic E-state index is 0.192. The Labute approximate surface area is 106 Å². The molecule has 0 saturated heterocycles. The van der Waals surface area contributed by atoms with Gasteiger partial charge in [-0.2, -0.15) is 0 Å². The minimum Gasteiger partial charge on any atom is -0.396 e. The highest BCUT2D eigenvalue weighted by Crippen LogP contribution is 2.24. The fraction of sp³-hybridized carbons (Fsp3) is 0.214. The van der Waals surface area contributed by atoms with Gasteiger partial charge in [0, 0.05) is 11.3 Å². The van der Waals surface area contributed by atoms with Crippen molar-refractivity contribution in [3.05, 3.63) is 53.5 Å². The summed E-state index contributed by atoms with van der Waals surface area (Å²) in [7, 11) is 0. The Kier molecular flexibility index (Phi) is 3.46. The number of rotatable bonds is 3. The maximum atomic E-state index is 13.6. The maximum Gasteiger partial charge on any atom is 0.149 e. The van der Waals surface area contributed by atoms with Gasteiger partial charge < -0.3 is 11.1 Å². The van der Waals surface area contributed by atoms with Crippen molar-refractivity contribution in [2.24, 2.45) is 0 Å². The Morgan fingerprint density at radius 2 is 1.94 bits per heavy atom. The van der Waals surface area contributed by atoms with Crippen LogP contribution in [0.1, 0.15) is 24.2 Å². The second-order valence-electron chi connectivity index (χ2n) is 4.28. The Balaban J connectivity index is 2.24. The summed E-state index contributed by atoms with van der Waals surface area (Å²) in [4.78, 5) is 4.31. The first-order chi connectivity index (χ1) is 8.58. The third kappa shape index (κ3) is 2.59. The van der Waals surface area contributed by atoms with Crippen molar-refractivity contribution in [2.75, 3.05) is 11.1 Å². The zero-order valence-corrected chi connectivity index (χ0v) is 10.4. The predicted octanol–water partition coefficient (Wildman–Crippen LogP) is 3.28. The third-order valence-corrected chi connectivity index (χ3v) is 2.79. The summed E-state index contributed by atoms with van der Waals surface area (Å²) in [6.45, 7) is 3.76. The van der Waals surface area contributed by atoms with Gasteiger partial charge in [0.25, 0.3) is 0 Å². The molecule has 3 N–H and O–H groups in total. The van der Waals surface area contributed by atoms with Gasteiger partial charge in [0.2, 0.25) is 0 Å². The number of nitrogens with two attached hydrogens (primary N) is 1. The van der Waals surface area contributed by atoms with Crippen LogP contribution in [0.15, 0.2) is 36.4 Å². The number of nitrogen functional groups attached to an aromatic ring is 1. The van der Waals surface area contributed by atoms with Crippen molar-refractivity contribution in [1.29, 1.82) is 0 Å². The average Bonchev–Trinajstić information content (AvgIpc) is 2.34. The zero-order chi connectivity index (χ0) is 13.1. The van der Waals surface area contributed by atoms with Gasteiger partial charge >= 0.3 is 0 Å². The monoisotopic (exact) mass is 245 g/mol. The minimum atomic E-state index is -0.233. The molecule has 0 aliphatic heterocycles. The highest BCUT2D eigenvalue weighted by Gasteiger charge is 2.12. The largest absolute Gasteiger partial charge is 0.396 e. The molecule has 0 radical (unpaired) electrons. The quantitative estimate of drug-likeness (QED) is 0.872. The first-order valence-corrected chi connectivity index (χ1v) is 5.82. The summed E-state index contributed by atoms with van der Waals surface area (Å²) in [5.41, 5.74) is 7.86. The van der Waals surface area contributed by atoms with Crippen molar-refractivity contribution in [2.45, 2.75) is 19.9 Å². The molecule has 1 heterocycles. The Bertz CT molecular complexity index is 554. The molecule has 1 unspecified atom stereocenters. The molecule has 2 aromatic rings. The topological polar surface area (TPSA) is 50.9 Å². The number of anilines is 2. The number of nitrogens with zero attached hydrogens (tertiary/aromatic N) is 1. The number of benzene rings is 1. The van der Waals surface area contributed by atoms with Gasteiger partial charge in [-0.1, -0.05) is 18.2 Å². The second-order valence-corrected chi connectivity index (χ2v) is 4.28. The van der Waals surface area contributed by atoms with Crippen molar-refractivity contribution in [3.63, 3.8) is 0 Å². The molecule has 0 saturated carbocycles. The Morgan fingerprint density at radius 3 is 2.67 bits per heavy atom. The molecule has 3 nitrogen and oxygen atoms in total. The number of hydrogen-bond acceptors (Lipinski definition) is 3. The number of hydrogen-bond donors (Lipinski definition) is 2. The Morgan fingerprint density at radius 1 is 1.22 bits per heavy atom. The van der Waals surface area contributed by atoms with E-state index in [-0.39, 0.29) is 11.9 Å². The van der Waals surface area contributed by atoms with Crippen molar-refractivity contribution in [1.82, 2.24) is 4.98 Å². The van der Waals surface area contributed by atoms with Crippen LogP contribution in [0, 0.1) is 12.7 Å². The van der Waals surface area contributed by atoms with E-state index in [4.69, 9.17) is 5.73 Å². The Hall–Kier alpha value is -2.10. The van der Waals surface area contributed by atoms with E-state index in [0.717, 1.165) is 5.69 Å². The smallest absolute Gasteiger partial charge is 0.149 e. The van der Waals surface area contributed by atoms with Crippen molar-refractivity contribution >= 4 is 11.5 Å². The molecular weight excluding hydrogens is 229 g/mol. The molecule has 0 aliphatic carbocycles. The lowest BCUT2D eigenvalue weighted by Gasteiger charge is -2.17. The fourth-order valence-electron chi connectivity index (χ4n) is 1.79. The molecular formula is C14H16FN3. The van der Waals surface area contributed by atoms with Crippen molar-refractivity contribution < 1.29 is 4.39 Å². The molecule has 18 heavy (non-hydrogen) atoms. The van der Waals surface area contributed by atoms with Crippen LogP contribution in [-0.2, 0) is 0 Å². The van der Waals surface area contributed by atoms with Crippen LogP contribution in [-0.4, -0.2) is 4.98 Å². The summed E-state index contributed by atoms with van der Waals surface area (Å²) < 4.78 is 13.6. The molecule has 0 fully saturated rings. The predicted molar refractivity (Wildman–Crippen MR) is 71.8 cm³/mol. The van der Waals surface area contributed by atoms with E-state index in [1.54, 1.807) is 18.2 Å². The lowest BCUT2D eigenvalue weighted by Crippen LogP contribution is -2.11. The van der Waals surface area contributed by atoms with Crippen LogP contribution in [0.25, 0.3) is 0 Å². The SMILES string of the molecule is Cc1ccc(N)c(NC(C)c2ccccc2F)n1. The molecule has 0 bridgehead atoms. The normalized spacial score (nSPS) is 12.2. The lowest BCUT2D eigenvalue weighted by atomic mass is 10.1. The molecule has 94 valence electrons. The number of aryl methyl sites for hydroxylation is 1. The van der Waals surface area contributed by atoms with E-state index in [1.165, 1.54) is 6.07 Å². The molecule has 0 spiro atoms. The van der Waals surface area contributed by atoms with E-state index in [1.807, 2.05) is 26.0 Å². The van der Waals surface area contributed by atoms with Gasteiger partial charge in [0.1, 0.15) is 11.6 Å². The van der Waals surface area contributed by atoms with Gasteiger partial charge in [-0.05, 0) is 32.0 Å². The summed E-state index contributed by atoms with van der Waals surface area (Å²) in [5, 5.41) is 3.13. The van der Waals surface area contributed by atoms with Crippen LogP contribution >= 0.6 is 0 Å². The van der Waals surface area contributed by atoms with Crippen LogP contribution in [0.3, 0.4) is 0 Å². The van der Waals surface area contributed by atoms with Crippen LogP contribution in [0.2, 0.25) is 0 Å². The van der Waals surface area contributed by atoms with Gasteiger partial charge in [-0.3, -0.25) is 0 Å². The van der Waals surface area contributed by atoms with Gasteiger partial charge in [-0.15, -0.1) is 0 Å².